The third-order valence-corrected chi connectivity index (χ3v) is 5.78. The van der Waals surface area contributed by atoms with Crippen molar-refractivity contribution in [3.63, 3.8) is 0 Å². The van der Waals surface area contributed by atoms with Gasteiger partial charge in [0.05, 0.1) is 10.6 Å². The summed E-state index contributed by atoms with van der Waals surface area (Å²) < 4.78 is 54.2. The summed E-state index contributed by atoms with van der Waals surface area (Å²) in [4.78, 5) is 12.1. The smallest absolute Gasteiger partial charge is 0.261 e. The summed E-state index contributed by atoms with van der Waals surface area (Å²) in [6.07, 6.45) is 0.345. The predicted molar refractivity (Wildman–Crippen MR) is 112 cm³/mol. The first-order chi connectivity index (χ1) is 14.2. The Morgan fingerprint density at radius 1 is 0.933 bits per heavy atom. The Morgan fingerprint density at radius 3 is 2.27 bits per heavy atom. The Balaban J connectivity index is 1.59. The zero-order valence-corrected chi connectivity index (χ0v) is 17.0. The summed E-state index contributed by atoms with van der Waals surface area (Å²) in [5, 5.41) is 2.33. The van der Waals surface area contributed by atoms with Crippen LogP contribution in [0.15, 0.2) is 71.6 Å². The van der Waals surface area contributed by atoms with Gasteiger partial charge in [0.15, 0.2) is 0 Å². The van der Waals surface area contributed by atoms with E-state index in [1.807, 2.05) is 19.1 Å². The Bertz CT molecular complexity index is 1150. The number of sulfonamides is 1. The summed E-state index contributed by atoms with van der Waals surface area (Å²) in [6, 6.07) is 15.9. The van der Waals surface area contributed by atoms with Gasteiger partial charge >= 0.3 is 0 Å². The minimum Gasteiger partial charge on any atom is -0.324 e. The number of benzene rings is 3. The van der Waals surface area contributed by atoms with E-state index in [9.17, 15) is 22.0 Å². The van der Waals surface area contributed by atoms with Crippen molar-refractivity contribution in [1.29, 1.82) is 0 Å². The second-order valence-corrected chi connectivity index (χ2v) is 8.47. The van der Waals surface area contributed by atoms with Crippen LogP contribution in [0, 0.1) is 18.6 Å². The van der Waals surface area contributed by atoms with Crippen molar-refractivity contribution in [1.82, 2.24) is 0 Å². The number of anilines is 2. The lowest BCUT2D eigenvalue weighted by molar-refractivity contribution is -0.116. The van der Waals surface area contributed by atoms with Gasteiger partial charge in [-0.2, -0.15) is 0 Å². The fourth-order valence-electron chi connectivity index (χ4n) is 2.73. The van der Waals surface area contributed by atoms with Gasteiger partial charge in [-0.15, -0.1) is 0 Å². The molecule has 3 rings (SSSR count). The lowest BCUT2D eigenvalue weighted by atomic mass is 10.1. The highest BCUT2D eigenvalue weighted by Gasteiger charge is 2.14. The molecule has 2 N–H and O–H groups in total. The van der Waals surface area contributed by atoms with Crippen molar-refractivity contribution in [3.8, 4) is 0 Å². The van der Waals surface area contributed by atoms with Gasteiger partial charge < -0.3 is 5.32 Å². The Hall–Kier alpha value is -3.26. The maximum atomic E-state index is 13.6. The first kappa shape index (κ1) is 21.4. The first-order valence-electron chi connectivity index (χ1n) is 9.16. The molecule has 0 fully saturated rings. The summed E-state index contributed by atoms with van der Waals surface area (Å²) in [6.45, 7) is 1.91. The van der Waals surface area contributed by atoms with E-state index in [1.165, 1.54) is 12.1 Å². The van der Waals surface area contributed by atoms with Gasteiger partial charge in [0.25, 0.3) is 10.0 Å². The molecule has 0 aliphatic heterocycles. The second kappa shape index (κ2) is 9.04. The summed E-state index contributed by atoms with van der Waals surface area (Å²) >= 11 is 0. The van der Waals surface area contributed by atoms with E-state index in [1.54, 1.807) is 24.3 Å². The average Bonchev–Trinajstić information content (AvgIpc) is 2.71. The Labute approximate surface area is 173 Å². The van der Waals surface area contributed by atoms with Crippen LogP contribution in [-0.4, -0.2) is 14.3 Å². The predicted octanol–water partition coefficient (Wildman–Crippen LogP) is 4.65. The van der Waals surface area contributed by atoms with E-state index < -0.39 is 27.6 Å². The largest absolute Gasteiger partial charge is 0.324 e. The normalized spacial score (nSPS) is 11.2. The van der Waals surface area contributed by atoms with Gasteiger partial charge in [0.1, 0.15) is 11.6 Å². The molecule has 8 heteroatoms. The van der Waals surface area contributed by atoms with Crippen molar-refractivity contribution in [2.45, 2.75) is 24.7 Å². The number of nitrogens with one attached hydrogen (secondary N) is 2. The highest BCUT2D eigenvalue weighted by Crippen LogP contribution is 2.19. The number of hydrogen-bond donors (Lipinski definition) is 2. The number of amides is 1. The SMILES string of the molecule is Cc1ccc(NS(=O)(=O)c2ccc(CCC(=O)Nc3cc(F)ccc3F)cc2)cc1. The average molecular weight is 430 g/mol. The van der Waals surface area contributed by atoms with Crippen LogP contribution < -0.4 is 10.0 Å². The molecular weight excluding hydrogens is 410 g/mol. The number of carbonyl (C=O) groups excluding carboxylic acids is 1. The van der Waals surface area contributed by atoms with E-state index in [4.69, 9.17) is 0 Å². The number of hydrogen-bond acceptors (Lipinski definition) is 3. The minimum atomic E-state index is -3.73. The number of carbonyl (C=O) groups is 1. The zero-order chi connectivity index (χ0) is 21.7. The molecule has 0 bridgehead atoms. The van der Waals surface area contributed by atoms with Crippen molar-refractivity contribution >= 4 is 27.3 Å². The van der Waals surface area contributed by atoms with E-state index in [0.717, 1.165) is 29.3 Å². The van der Waals surface area contributed by atoms with Gasteiger partial charge in [0.2, 0.25) is 5.91 Å². The molecule has 3 aromatic carbocycles. The van der Waals surface area contributed by atoms with E-state index >= 15 is 0 Å². The monoisotopic (exact) mass is 430 g/mol. The van der Waals surface area contributed by atoms with Crippen molar-refractivity contribution < 1.29 is 22.0 Å². The molecule has 156 valence electrons. The maximum Gasteiger partial charge on any atom is 0.261 e. The van der Waals surface area contributed by atoms with Gasteiger partial charge in [-0.25, -0.2) is 17.2 Å². The van der Waals surface area contributed by atoms with Crippen LogP contribution in [-0.2, 0) is 21.2 Å². The Morgan fingerprint density at radius 2 is 1.60 bits per heavy atom. The molecule has 0 radical (unpaired) electrons. The number of aryl methyl sites for hydroxylation is 2. The standard InChI is InChI=1S/C22H20F2N2O3S/c1-15-2-8-18(9-3-15)26-30(28,29)19-10-4-16(5-11-19)6-13-22(27)25-21-14-17(23)7-12-20(21)24/h2-5,7-12,14,26H,6,13H2,1H3,(H,25,27). The molecule has 30 heavy (non-hydrogen) atoms. The zero-order valence-electron chi connectivity index (χ0n) is 16.2. The molecule has 0 aliphatic rings. The van der Waals surface area contributed by atoms with Crippen molar-refractivity contribution in [2.75, 3.05) is 10.0 Å². The van der Waals surface area contributed by atoms with E-state index in [-0.39, 0.29) is 17.0 Å². The van der Waals surface area contributed by atoms with Gasteiger partial charge in [-0.3, -0.25) is 9.52 Å². The molecule has 0 heterocycles. The first-order valence-corrected chi connectivity index (χ1v) is 10.6. The molecule has 0 aliphatic carbocycles. The summed E-state index contributed by atoms with van der Waals surface area (Å²) in [7, 11) is -3.73. The third kappa shape index (κ3) is 5.64. The molecule has 1 amide bonds. The molecule has 5 nitrogen and oxygen atoms in total. The third-order valence-electron chi connectivity index (χ3n) is 4.38. The Kier molecular flexibility index (Phi) is 6.47. The van der Waals surface area contributed by atoms with E-state index in [2.05, 4.69) is 10.0 Å². The molecule has 0 spiro atoms. The number of rotatable bonds is 7. The number of halogens is 2. The topological polar surface area (TPSA) is 75.3 Å². The van der Waals surface area contributed by atoms with Crippen LogP contribution in [0.4, 0.5) is 20.2 Å². The fraction of sp³-hybridized carbons (Fsp3) is 0.136. The van der Waals surface area contributed by atoms with Gasteiger partial charge in [-0.05, 0) is 55.3 Å². The molecule has 0 aromatic heterocycles. The molecule has 0 saturated heterocycles. The maximum absolute atomic E-state index is 13.6. The fourth-order valence-corrected chi connectivity index (χ4v) is 3.79. The highest BCUT2D eigenvalue weighted by atomic mass is 32.2. The second-order valence-electron chi connectivity index (χ2n) is 6.79. The van der Waals surface area contributed by atoms with Gasteiger partial charge in [0, 0.05) is 18.2 Å². The van der Waals surface area contributed by atoms with Crippen LogP contribution in [0.1, 0.15) is 17.5 Å². The van der Waals surface area contributed by atoms with Crippen molar-refractivity contribution in [3.05, 3.63) is 89.5 Å². The quantitative estimate of drug-likeness (QED) is 0.573. The summed E-state index contributed by atoms with van der Waals surface area (Å²) in [5.41, 5.74) is 2.00. The van der Waals surface area contributed by atoms with Gasteiger partial charge in [-0.1, -0.05) is 29.8 Å². The van der Waals surface area contributed by atoms with Crippen LogP contribution >= 0.6 is 0 Å². The van der Waals surface area contributed by atoms with Crippen LogP contribution in [0.2, 0.25) is 0 Å². The van der Waals surface area contributed by atoms with Crippen LogP contribution in [0.25, 0.3) is 0 Å². The lowest BCUT2D eigenvalue weighted by Crippen LogP contribution is -2.14. The van der Waals surface area contributed by atoms with Crippen molar-refractivity contribution in [2.24, 2.45) is 0 Å². The van der Waals surface area contributed by atoms with Crippen LogP contribution in [0.5, 0.6) is 0 Å². The molecule has 0 unspecified atom stereocenters. The van der Waals surface area contributed by atoms with Crippen LogP contribution in [0.3, 0.4) is 0 Å². The highest BCUT2D eigenvalue weighted by molar-refractivity contribution is 7.92. The summed E-state index contributed by atoms with van der Waals surface area (Å²) in [5.74, 6) is -1.85. The molecule has 0 saturated carbocycles. The minimum absolute atomic E-state index is 0.0314. The van der Waals surface area contributed by atoms with E-state index in [0.29, 0.717) is 12.1 Å². The lowest BCUT2D eigenvalue weighted by Gasteiger charge is -2.09. The molecular formula is C22H20F2N2O3S. The molecule has 0 atom stereocenters. The molecule has 3 aromatic rings.